The van der Waals surface area contributed by atoms with Gasteiger partial charge >= 0.3 is 0 Å². The van der Waals surface area contributed by atoms with Crippen molar-refractivity contribution in [1.82, 2.24) is 0 Å². The summed E-state index contributed by atoms with van der Waals surface area (Å²) < 4.78 is 0. The summed E-state index contributed by atoms with van der Waals surface area (Å²) in [4.78, 5) is 0. The molecule has 100 valence electrons. The number of rotatable bonds is 8. The Kier molecular flexibility index (Phi) is 13.0. The molecule has 0 aromatic carbocycles. The third-order valence-electron chi connectivity index (χ3n) is 2.54. The van der Waals surface area contributed by atoms with Gasteiger partial charge in [0.25, 0.3) is 0 Å². The van der Waals surface area contributed by atoms with Crippen molar-refractivity contribution in [2.24, 2.45) is 0 Å². The fourth-order valence-electron chi connectivity index (χ4n) is 1.48. The summed E-state index contributed by atoms with van der Waals surface area (Å²) in [6.07, 6.45) is 12.5. The Morgan fingerprint density at radius 2 is 1.78 bits per heavy atom. The molecular formula is C17H26O. The lowest BCUT2D eigenvalue weighted by Crippen LogP contribution is -1.96. The van der Waals surface area contributed by atoms with Crippen LogP contribution in [0.1, 0.15) is 65.2 Å². The molecule has 0 aromatic rings. The molecule has 0 aliphatic heterocycles. The summed E-state index contributed by atoms with van der Waals surface area (Å²) in [7, 11) is 0. The average Bonchev–Trinajstić information content (AvgIpc) is 2.37. The second kappa shape index (κ2) is 13.9. The van der Waals surface area contributed by atoms with Crippen molar-refractivity contribution in [2.75, 3.05) is 0 Å². The molecule has 0 heterocycles. The van der Waals surface area contributed by atoms with Gasteiger partial charge in [-0.2, -0.15) is 0 Å². The van der Waals surface area contributed by atoms with Crippen LogP contribution in [0.25, 0.3) is 0 Å². The summed E-state index contributed by atoms with van der Waals surface area (Å²) >= 11 is 0. The van der Waals surface area contributed by atoms with Crippen molar-refractivity contribution in [1.29, 1.82) is 0 Å². The molecule has 0 spiro atoms. The Bertz CT molecular complexity index is 319. The van der Waals surface area contributed by atoms with Crippen molar-refractivity contribution in [3.05, 3.63) is 12.2 Å². The van der Waals surface area contributed by atoms with E-state index in [9.17, 15) is 5.11 Å². The summed E-state index contributed by atoms with van der Waals surface area (Å²) in [5, 5.41) is 9.52. The summed E-state index contributed by atoms with van der Waals surface area (Å²) in [6, 6.07) is 0. The Balaban J connectivity index is 3.62. The van der Waals surface area contributed by atoms with Crippen LogP contribution in [0.2, 0.25) is 0 Å². The van der Waals surface area contributed by atoms with E-state index in [1.54, 1.807) is 6.08 Å². The second-order valence-corrected chi connectivity index (χ2v) is 4.40. The molecule has 1 heteroatoms. The molecule has 1 nitrogen and oxygen atoms in total. The highest BCUT2D eigenvalue weighted by Gasteiger charge is 1.90. The van der Waals surface area contributed by atoms with Gasteiger partial charge in [-0.25, -0.2) is 0 Å². The van der Waals surface area contributed by atoms with Crippen LogP contribution in [0.5, 0.6) is 0 Å². The molecule has 0 bridgehead atoms. The van der Waals surface area contributed by atoms with E-state index in [1.807, 2.05) is 6.08 Å². The van der Waals surface area contributed by atoms with Gasteiger partial charge in [-0.05, 0) is 37.2 Å². The third kappa shape index (κ3) is 12.9. The minimum Gasteiger partial charge on any atom is -0.377 e. The molecule has 0 aromatic heterocycles. The Labute approximate surface area is 113 Å². The normalized spacial score (nSPS) is 11.5. The molecule has 18 heavy (non-hydrogen) atoms. The van der Waals surface area contributed by atoms with E-state index in [0.717, 1.165) is 19.3 Å². The fourth-order valence-corrected chi connectivity index (χ4v) is 1.48. The second-order valence-electron chi connectivity index (χ2n) is 4.40. The molecule has 0 radical (unpaired) electrons. The average molecular weight is 246 g/mol. The predicted octanol–water partition coefficient (Wildman–Crippen LogP) is 4.07. The smallest absolute Gasteiger partial charge is 0.134 e. The van der Waals surface area contributed by atoms with Crippen LogP contribution in [0, 0.1) is 23.7 Å². The van der Waals surface area contributed by atoms with Crippen LogP contribution in [-0.2, 0) is 0 Å². The number of aliphatic hydroxyl groups is 1. The number of hydrogen-bond acceptors (Lipinski definition) is 1. The van der Waals surface area contributed by atoms with Gasteiger partial charge in [0.2, 0.25) is 0 Å². The summed E-state index contributed by atoms with van der Waals surface area (Å²) in [5.41, 5.74) is 0. The molecular weight excluding hydrogens is 220 g/mol. The monoisotopic (exact) mass is 246 g/mol. The van der Waals surface area contributed by atoms with Crippen molar-refractivity contribution in [3.8, 4) is 23.7 Å². The first kappa shape index (κ1) is 16.8. The topological polar surface area (TPSA) is 20.2 Å². The zero-order valence-corrected chi connectivity index (χ0v) is 11.8. The molecule has 0 amide bonds. The van der Waals surface area contributed by atoms with Crippen LogP contribution in [0.15, 0.2) is 12.2 Å². The van der Waals surface area contributed by atoms with Gasteiger partial charge in [-0.15, -0.1) is 0 Å². The van der Waals surface area contributed by atoms with Crippen LogP contribution in [0.4, 0.5) is 0 Å². The van der Waals surface area contributed by atoms with E-state index in [1.165, 1.54) is 32.1 Å². The minimum atomic E-state index is -0.670. The molecule has 1 atom stereocenters. The van der Waals surface area contributed by atoms with Crippen LogP contribution < -0.4 is 0 Å². The van der Waals surface area contributed by atoms with E-state index in [0.29, 0.717) is 0 Å². The largest absolute Gasteiger partial charge is 0.377 e. The maximum atomic E-state index is 9.52. The first-order chi connectivity index (χ1) is 8.81. The van der Waals surface area contributed by atoms with E-state index >= 15 is 0 Å². The van der Waals surface area contributed by atoms with Gasteiger partial charge in [-0.3, -0.25) is 0 Å². The number of aliphatic hydroxyl groups excluding tert-OH is 1. The van der Waals surface area contributed by atoms with Crippen LogP contribution >= 0.6 is 0 Å². The van der Waals surface area contributed by atoms with Gasteiger partial charge in [0.15, 0.2) is 0 Å². The first-order valence-electron chi connectivity index (χ1n) is 7.14. The zero-order chi connectivity index (χ0) is 13.5. The first-order valence-corrected chi connectivity index (χ1v) is 7.14. The Hall–Kier alpha value is -1.18. The lowest BCUT2D eigenvalue weighted by Gasteiger charge is -1.96. The fraction of sp³-hybridized carbons (Fsp3) is 0.647. The van der Waals surface area contributed by atoms with Gasteiger partial charge in [0.1, 0.15) is 6.10 Å². The molecule has 0 fully saturated rings. The maximum absolute atomic E-state index is 9.52. The van der Waals surface area contributed by atoms with Gasteiger partial charge in [0.05, 0.1) is 0 Å². The zero-order valence-electron chi connectivity index (χ0n) is 11.8. The SMILES string of the molecule is CCCC#CC#CC(O)C=CCCCCCCC. The summed E-state index contributed by atoms with van der Waals surface area (Å²) in [5.74, 6) is 11.0. The molecule has 0 saturated carbocycles. The van der Waals surface area contributed by atoms with E-state index in [4.69, 9.17) is 0 Å². The molecule has 0 saturated heterocycles. The number of unbranched alkanes of at least 4 members (excludes halogenated alkanes) is 6. The van der Waals surface area contributed by atoms with Crippen LogP contribution in [0.3, 0.4) is 0 Å². The molecule has 0 aliphatic rings. The van der Waals surface area contributed by atoms with Gasteiger partial charge in [-0.1, -0.05) is 57.4 Å². The maximum Gasteiger partial charge on any atom is 0.134 e. The van der Waals surface area contributed by atoms with E-state index < -0.39 is 6.10 Å². The van der Waals surface area contributed by atoms with Gasteiger partial charge in [0, 0.05) is 6.42 Å². The molecule has 1 unspecified atom stereocenters. The highest BCUT2D eigenvalue weighted by Crippen LogP contribution is 2.05. The minimum absolute atomic E-state index is 0.670. The highest BCUT2D eigenvalue weighted by atomic mass is 16.3. The Morgan fingerprint density at radius 1 is 1.00 bits per heavy atom. The predicted molar refractivity (Wildman–Crippen MR) is 79.0 cm³/mol. The van der Waals surface area contributed by atoms with Crippen molar-refractivity contribution in [3.63, 3.8) is 0 Å². The molecule has 0 rings (SSSR count). The van der Waals surface area contributed by atoms with Crippen molar-refractivity contribution < 1.29 is 5.11 Å². The van der Waals surface area contributed by atoms with E-state index in [2.05, 4.69) is 37.5 Å². The lowest BCUT2D eigenvalue weighted by molar-refractivity contribution is 0.280. The Morgan fingerprint density at radius 3 is 2.50 bits per heavy atom. The molecule has 0 aliphatic carbocycles. The van der Waals surface area contributed by atoms with Crippen LogP contribution in [-0.4, -0.2) is 11.2 Å². The highest BCUT2D eigenvalue weighted by molar-refractivity contribution is 5.28. The number of allylic oxidation sites excluding steroid dienone is 1. The number of hydrogen-bond donors (Lipinski definition) is 1. The summed E-state index contributed by atoms with van der Waals surface area (Å²) in [6.45, 7) is 4.30. The standard InChI is InChI=1S/C17H26O/c1-3-5-7-9-10-12-14-16-17(18)15-13-11-8-6-4-2/h14,16-18H,3-7,9-10,12H2,1-2H3. The quantitative estimate of drug-likeness (QED) is 0.389. The van der Waals surface area contributed by atoms with E-state index in [-0.39, 0.29) is 0 Å². The van der Waals surface area contributed by atoms with Gasteiger partial charge < -0.3 is 5.11 Å². The van der Waals surface area contributed by atoms with Crippen molar-refractivity contribution in [2.45, 2.75) is 71.3 Å². The lowest BCUT2D eigenvalue weighted by atomic mass is 10.1. The third-order valence-corrected chi connectivity index (χ3v) is 2.54. The molecule has 1 N–H and O–H groups in total. The van der Waals surface area contributed by atoms with Crippen molar-refractivity contribution >= 4 is 0 Å².